The number of hydrogen-bond acceptors (Lipinski definition) is 2. The molecule has 4 rings (SSSR count). The molecule has 0 bridgehead atoms. The maximum atomic E-state index is 12.7. The van der Waals surface area contributed by atoms with Crippen LogP contribution >= 0.6 is 11.6 Å². The number of fused-ring (bicyclic) bond motifs is 1. The minimum atomic E-state index is -0.198. The summed E-state index contributed by atoms with van der Waals surface area (Å²) in [5.74, 6) is 0.395. The molecule has 0 atom stereocenters. The fourth-order valence-electron chi connectivity index (χ4n) is 2.75. The first-order valence-electron chi connectivity index (χ1n) is 8.48. The van der Waals surface area contributed by atoms with Gasteiger partial charge in [0.1, 0.15) is 0 Å². The summed E-state index contributed by atoms with van der Waals surface area (Å²) in [6.07, 6.45) is 1.87. The van der Waals surface area contributed by atoms with E-state index >= 15 is 0 Å². The molecule has 3 aromatic carbocycles. The lowest BCUT2D eigenvalue weighted by molar-refractivity contribution is 0.0973. The molecule has 0 aliphatic rings. The number of nitrogens with one attached hydrogen (secondary N) is 2. The van der Waals surface area contributed by atoms with Crippen LogP contribution < -0.4 is 5.32 Å². The van der Waals surface area contributed by atoms with Crippen molar-refractivity contribution in [3.05, 3.63) is 101 Å². The van der Waals surface area contributed by atoms with Gasteiger partial charge in [-0.2, -0.15) is 0 Å². The molecule has 0 saturated carbocycles. The number of H-pyrrole nitrogens is 1. The van der Waals surface area contributed by atoms with Gasteiger partial charge in [-0.05, 0) is 48.0 Å². The first-order chi connectivity index (χ1) is 13.2. The molecular weight excluding hydrogens is 358 g/mol. The second kappa shape index (κ2) is 7.48. The van der Waals surface area contributed by atoms with Gasteiger partial charge in [-0.3, -0.25) is 4.79 Å². The predicted octanol–water partition coefficient (Wildman–Crippen LogP) is 5.14. The van der Waals surface area contributed by atoms with E-state index in [1.54, 1.807) is 12.1 Å². The van der Waals surface area contributed by atoms with Gasteiger partial charge in [-0.1, -0.05) is 54.1 Å². The Morgan fingerprint density at radius 3 is 2.37 bits per heavy atom. The normalized spacial score (nSPS) is 11.5. The number of benzene rings is 3. The lowest BCUT2D eigenvalue weighted by Crippen LogP contribution is -2.22. The second-order valence-electron chi connectivity index (χ2n) is 6.03. The third-order valence-electron chi connectivity index (χ3n) is 4.11. The molecule has 0 saturated heterocycles. The smallest absolute Gasteiger partial charge is 0.255 e. The van der Waals surface area contributed by atoms with Crippen LogP contribution in [-0.4, -0.2) is 15.9 Å². The highest BCUT2D eigenvalue weighted by molar-refractivity contribution is 6.30. The molecule has 0 unspecified atom stereocenters. The third kappa shape index (κ3) is 3.91. The zero-order valence-electron chi connectivity index (χ0n) is 14.3. The number of halogens is 1. The van der Waals surface area contributed by atoms with E-state index in [9.17, 15) is 4.79 Å². The molecule has 4 aromatic rings. The molecule has 2 N–H and O–H groups in total. The Morgan fingerprint density at radius 2 is 1.63 bits per heavy atom. The van der Waals surface area contributed by atoms with Gasteiger partial charge in [0.05, 0.1) is 16.7 Å². The predicted molar refractivity (Wildman–Crippen MR) is 109 cm³/mol. The van der Waals surface area contributed by atoms with Crippen LogP contribution in [0.4, 0.5) is 0 Å². The SMILES string of the molecule is O=C(N/C(=C\c1ccc(Cl)cc1)c1nc2ccccc2[nH]1)c1ccccc1. The summed E-state index contributed by atoms with van der Waals surface area (Å²) in [6.45, 7) is 0. The molecule has 5 heteroatoms. The molecule has 27 heavy (non-hydrogen) atoms. The first kappa shape index (κ1) is 17.1. The van der Waals surface area contributed by atoms with Crippen LogP contribution in [0.15, 0.2) is 78.9 Å². The van der Waals surface area contributed by atoms with E-state index in [0.29, 0.717) is 22.1 Å². The summed E-state index contributed by atoms with van der Waals surface area (Å²) < 4.78 is 0. The maximum absolute atomic E-state index is 12.7. The molecule has 132 valence electrons. The average molecular weight is 374 g/mol. The number of carbonyl (C=O) groups is 1. The Morgan fingerprint density at radius 1 is 0.926 bits per heavy atom. The minimum Gasteiger partial charge on any atom is -0.337 e. The van der Waals surface area contributed by atoms with Crippen molar-refractivity contribution in [1.82, 2.24) is 15.3 Å². The molecule has 1 aromatic heterocycles. The molecule has 1 heterocycles. The molecular formula is C22H16ClN3O. The lowest BCUT2D eigenvalue weighted by Gasteiger charge is -2.08. The number of amides is 1. The van der Waals surface area contributed by atoms with Crippen molar-refractivity contribution < 1.29 is 4.79 Å². The molecule has 1 amide bonds. The van der Waals surface area contributed by atoms with Crippen LogP contribution in [0.5, 0.6) is 0 Å². The molecule has 0 fully saturated rings. The molecule has 0 aliphatic carbocycles. The maximum Gasteiger partial charge on any atom is 0.255 e. The molecule has 4 nitrogen and oxygen atoms in total. The van der Waals surface area contributed by atoms with Crippen molar-refractivity contribution in [2.75, 3.05) is 0 Å². The highest BCUT2D eigenvalue weighted by Gasteiger charge is 2.13. The summed E-state index contributed by atoms with van der Waals surface area (Å²) in [6, 6.07) is 24.2. The van der Waals surface area contributed by atoms with Gasteiger partial charge < -0.3 is 10.3 Å². The summed E-state index contributed by atoms with van der Waals surface area (Å²) >= 11 is 5.97. The number of carbonyl (C=O) groups excluding carboxylic acids is 1. The van der Waals surface area contributed by atoms with Crippen LogP contribution in [0.25, 0.3) is 22.8 Å². The zero-order valence-corrected chi connectivity index (χ0v) is 15.1. The number of rotatable bonds is 4. The number of nitrogens with zero attached hydrogens (tertiary/aromatic N) is 1. The second-order valence-corrected chi connectivity index (χ2v) is 6.47. The van der Waals surface area contributed by atoms with E-state index in [1.807, 2.05) is 72.8 Å². The van der Waals surface area contributed by atoms with Crippen LogP contribution in [0, 0.1) is 0 Å². The Hall–Kier alpha value is -3.37. The van der Waals surface area contributed by atoms with E-state index in [1.165, 1.54) is 0 Å². The van der Waals surface area contributed by atoms with Crippen molar-refractivity contribution in [3.63, 3.8) is 0 Å². The number of imidazole rings is 1. The highest BCUT2D eigenvalue weighted by atomic mass is 35.5. The van der Waals surface area contributed by atoms with Gasteiger partial charge in [-0.15, -0.1) is 0 Å². The lowest BCUT2D eigenvalue weighted by atomic mass is 10.1. The van der Waals surface area contributed by atoms with Crippen molar-refractivity contribution in [3.8, 4) is 0 Å². The summed E-state index contributed by atoms with van der Waals surface area (Å²) in [5, 5.41) is 3.63. The Balaban J connectivity index is 1.74. The van der Waals surface area contributed by atoms with Crippen molar-refractivity contribution in [1.29, 1.82) is 0 Å². The highest BCUT2D eigenvalue weighted by Crippen LogP contribution is 2.19. The number of para-hydroxylation sites is 2. The van der Waals surface area contributed by atoms with Gasteiger partial charge in [0, 0.05) is 10.6 Å². The van der Waals surface area contributed by atoms with E-state index in [0.717, 1.165) is 16.6 Å². The number of hydrogen-bond donors (Lipinski definition) is 2. The zero-order chi connectivity index (χ0) is 18.6. The Labute approximate surface area is 161 Å². The van der Waals surface area contributed by atoms with E-state index in [2.05, 4.69) is 15.3 Å². The van der Waals surface area contributed by atoms with Crippen molar-refractivity contribution >= 4 is 40.3 Å². The Kier molecular flexibility index (Phi) is 4.73. The molecule has 0 spiro atoms. The van der Waals surface area contributed by atoms with Gasteiger partial charge in [0.25, 0.3) is 5.91 Å². The molecule has 0 aliphatic heterocycles. The summed E-state index contributed by atoms with van der Waals surface area (Å²) in [4.78, 5) is 20.5. The van der Waals surface area contributed by atoms with Crippen LogP contribution in [0.3, 0.4) is 0 Å². The fourth-order valence-corrected chi connectivity index (χ4v) is 2.88. The minimum absolute atomic E-state index is 0.198. The largest absolute Gasteiger partial charge is 0.337 e. The number of aromatic amines is 1. The van der Waals surface area contributed by atoms with E-state index < -0.39 is 0 Å². The van der Waals surface area contributed by atoms with Gasteiger partial charge in [0.15, 0.2) is 5.82 Å². The van der Waals surface area contributed by atoms with E-state index in [4.69, 9.17) is 11.6 Å². The van der Waals surface area contributed by atoms with Gasteiger partial charge in [0.2, 0.25) is 0 Å². The van der Waals surface area contributed by atoms with Crippen molar-refractivity contribution in [2.45, 2.75) is 0 Å². The first-order valence-corrected chi connectivity index (χ1v) is 8.86. The monoisotopic (exact) mass is 373 g/mol. The quantitative estimate of drug-likeness (QED) is 0.520. The van der Waals surface area contributed by atoms with Crippen LogP contribution in [0.2, 0.25) is 5.02 Å². The third-order valence-corrected chi connectivity index (χ3v) is 4.36. The molecule has 0 radical (unpaired) electrons. The standard InChI is InChI=1S/C22H16ClN3O/c23-17-12-10-15(11-13-17)14-20(26-22(27)16-6-2-1-3-7-16)21-24-18-8-4-5-9-19(18)25-21/h1-14H,(H,24,25)(H,26,27)/b20-14-. The topological polar surface area (TPSA) is 57.8 Å². The van der Waals surface area contributed by atoms with Gasteiger partial charge >= 0.3 is 0 Å². The fraction of sp³-hybridized carbons (Fsp3) is 0. The van der Waals surface area contributed by atoms with Gasteiger partial charge in [-0.25, -0.2) is 4.98 Å². The van der Waals surface area contributed by atoms with Crippen molar-refractivity contribution in [2.24, 2.45) is 0 Å². The summed E-state index contributed by atoms with van der Waals surface area (Å²) in [5.41, 5.74) is 3.81. The van der Waals surface area contributed by atoms with Crippen LogP contribution in [0.1, 0.15) is 21.7 Å². The number of aromatic nitrogens is 2. The average Bonchev–Trinajstić information content (AvgIpc) is 3.14. The van der Waals surface area contributed by atoms with Crippen LogP contribution in [-0.2, 0) is 0 Å². The Bertz CT molecular complexity index is 1080. The van der Waals surface area contributed by atoms with E-state index in [-0.39, 0.29) is 5.91 Å². The summed E-state index contributed by atoms with van der Waals surface area (Å²) in [7, 11) is 0.